The van der Waals surface area contributed by atoms with Gasteiger partial charge < -0.3 is 14.3 Å². The molecule has 0 aliphatic carbocycles. The quantitative estimate of drug-likeness (QED) is 0.405. The van der Waals surface area contributed by atoms with Crippen LogP contribution in [0.1, 0.15) is 5.76 Å². The number of methoxy groups -OCH3 is 1. The van der Waals surface area contributed by atoms with E-state index in [0.717, 1.165) is 13.2 Å². The van der Waals surface area contributed by atoms with E-state index < -0.39 is 17.5 Å². The van der Waals surface area contributed by atoms with E-state index in [9.17, 15) is 14.7 Å². The van der Waals surface area contributed by atoms with E-state index in [0.29, 0.717) is 16.0 Å². The van der Waals surface area contributed by atoms with Crippen molar-refractivity contribution in [3.05, 3.63) is 41.1 Å². The molecule has 6 heteroatoms. The lowest BCUT2D eigenvalue weighted by Crippen LogP contribution is -2.12. The maximum absolute atomic E-state index is 11.3. The molecule has 0 amide bonds. The van der Waals surface area contributed by atoms with Gasteiger partial charge in [-0.05, 0) is 24.3 Å². The molecule has 0 unspecified atom stereocenters. The molecule has 0 spiro atoms. The largest absolute Gasteiger partial charge is 0.504 e. The number of fused-ring (bicyclic) bond motifs is 1. The van der Waals surface area contributed by atoms with Gasteiger partial charge in [-0.2, -0.15) is 0 Å². The van der Waals surface area contributed by atoms with Crippen LogP contribution in [0.3, 0.4) is 0 Å². The predicted molar refractivity (Wildman–Crippen MR) is 68.9 cm³/mol. The zero-order chi connectivity index (χ0) is 14.0. The van der Waals surface area contributed by atoms with Gasteiger partial charge in [0.2, 0.25) is 0 Å². The van der Waals surface area contributed by atoms with E-state index in [-0.39, 0.29) is 5.76 Å². The van der Waals surface area contributed by atoms with Crippen LogP contribution in [0.15, 0.2) is 34.8 Å². The predicted octanol–water partition coefficient (Wildman–Crippen LogP) is 2.73. The summed E-state index contributed by atoms with van der Waals surface area (Å²) in [5.74, 6) is -2.43. The molecule has 0 bridgehead atoms. The molecule has 19 heavy (non-hydrogen) atoms. The van der Waals surface area contributed by atoms with Gasteiger partial charge in [-0.15, -0.1) is 0 Å². The van der Waals surface area contributed by atoms with Crippen molar-refractivity contribution in [2.24, 2.45) is 0 Å². The first-order valence-corrected chi connectivity index (χ1v) is 5.61. The van der Waals surface area contributed by atoms with Crippen LogP contribution in [0.2, 0.25) is 5.02 Å². The van der Waals surface area contributed by atoms with Gasteiger partial charge in [0.25, 0.3) is 5.78 Å². The van der Waals surface area contributed by atoms with Gasteiger partial charge in [0, 0.05) is 16.5 Å². The van der Waals surface area contributed by atoms with Crippen molar-refractivity contribution in [3.63, 3.8) is 0 Å². The Hall–Kier alpha value is -2.27. The molecule has 0 saturated carbocycles. The van der Waals surface area contributed by atoms with Crippen LogP contribution in [-0.2, 0) is 14.3 Å². The summed E-state index contributed by atoms with van der Waals surface area (Å²) in [6.45, 7) is 0. The SMILES string of the molecule is COC(=O)C(=O)/C=C(\O)c1cc2cc(Cl)ccc2o1. The standard InChI is InChI=1S/C13H9ClO5/c1-18-13(17)10(16)6-9(15)12-5-7-4-8(14)2-3-11(7)19-12/h2-6,15H,1H3/b9-6-. The topological polar surface area (TPSA) is 76.7 Å². The lowest BCUT2D eigenvalue weighted by Gasteiger charge is -1.94. The number of carbonyl (C=O) groups is 2. The summed E-state index contributed by atoms with van der Waals surface area (Å²) >= 11 is 5.82. The van der Waals surface area contributed by atoms with Crippen molar-refractivity contribution in [1.82, 2.24) is 0 Å². The van der Waals surface area contributed by atoms with Crippen LogP contribution in [0.25, 0.3) is 16.7 Å². The summed E-state index contributed by atoms with van der Waals surface area (Å²) in [5, 5.41) is 10.9. The van der Waals surface area contributed by atoms with Crippen LogP contribution in [0, 0.1) is 0 Å². The Morgan fingerprint density at radius 2 is 2.11 bits per heavy atom. The Morgan fingerprint density at radius 3 is 2.79 bits per heavy atom. The van der Waals surface area contributed by atoms with Gasteiger partial charge in [0.1, 0.15) is 5.58 Å². The minimum absolute atomic E-state index is 0.0644. The third-order valence-corrected chi connectivity index (χ3v) is 2.62. The lowest BCUT2D eigenvalue weighted by atomic mass is 10.2. The Balaban J connectivity index is 2.36. The maximum Gasteiger partial charge on any atom is 0.378 e. The summed E-state index contributed by atoms with van der Waals surface area (Å²) in [4.78, 5) is 22.2. The van der Waals surface area contributed by atoms with E-state index in [4.69, 9.17) is 16.0 Å². The minimum Gasteiger partial charge on any atom is -0.504 e. The van der Waals surface area contributed by atoms with Crippen LogP contribution < -0.4 is 0 Å². The Labute approximate surface area is 113 Å². The first-order chi connectivity index (χ1) is 9.01. The highest BCUT2D eigenvalue weighted by Crippen LogP contribution is 2.26. The lowest BCUT2D eigenvalue weighted by molar-refractivity contribution is -0.149. The highest BCUT2D eigenvalue weighted by molar-refractivity contribution is 6.39. The Bertz CT molecular complexity index is 683. The highest BCUT2D eigenvalue weighted by atomic mass is 35.5. The number of hydrogen-bond acceptors (Lipinski definition) is 5. The van der Waals surface area contributed by atoms with E-state index in [1.807, 2.05) is 0 Å². The number of ketones is 1. The van der Waals surface area contributed by atoms with Gasteiger partial charge in [-0.3, -0.25) is 4.79 Å². The molecular weight excluding hydrogens is 272 g/mol. The average Bonchev–Trinajstić information content (AvgIpc) is 2.80. The summed E-state index contributed by atoms with van der Waals surface area (Å²) in [6, 6.07) is 6.44. The Morgan fingerprint density at radius 1 is 1.37 bits per heavy atom. The molecule has 5 nitrogen and oxygen atoms in total. The van der Waals surface area contributed by atoms with Gasteiger partial charge in [0.15, 0.2) is 11.5 Å². The fourth-order valence-corrected chi connectivity index (χ4v) is 1.68. The summed E-state index contributed by atoms with van der Waals surface area (Å²) in [5.41, 5.74) is 0.505. The van der Waals surface area contributed by atoms with Crippen molar-refractivity contribution in [1.29, 1.82) is 0 Å². The third-order valence-electron chi connectivity index (χ3n) is 2.39. The van der Waals surface area contributed by atoms with Crippen LogP contribution in [0.5, 0.6) is 0 Å². The molecule has 0 atom stereocenters. The number of aliphatic hydroxyl groups excluding tert-OH is 1. The number of esters is 1. The molecule has 2 rings (SSSR count). The number of benzene rings is 1. The van der Waals surface area contributed by atoms with Gasteiger partial charge >= 0.3 is 5.97 Å². The average molecular weight is 281 g/mol. The number of rotatable bonds is 3. The van der Waals surface area contributed by atoms with Gasteiger partial charge in [0.05, 0.1) is 7.11 Å². The normalized spacial score (nSPS) is 11.6. The molecule has 1 aromatic carbocycles. The first-order valence-electron chi connectivity index (χ1n) is 5.23. The zero-order valence-electron chi connectivity index (χ0n) is 9.84. The molecular formula is C13H9ClO5. The monoisotopic (exact) mass is 280 g/mol. The van der Waals surface area contributed by atoms with Crippen LogP contribution >= 0.6 is 11.6 Å². The molecule has 1 heterocycles. The molecule has 0 saturated heterocycles. The second kappa shape index (κ2) is 5.16. The highest BCUT2D eigenvalue weighted by Gasteiger charge is 2.15. The number of furan rings is 1. The maximum atomic E-state index is 11.3. The molecule has 0 aliphatic rings. The number of aliphatic hydroxyl groups is 1. The fraction of sp³-hybridized carbons (Fsp3) is 0.0769. The van der Waals surface area contributed by atoms with Crippen LogP contribution in [-0.4, -0.2) is 24.0 Å². The zero-order valence-corrected chi connectivity index (χ0v) is 10.6. The molecule has 0 fully saturated rings. The fourth-order valence-electron chi connectivity index (χ4n) is 1.50. The number of carbonyl (C=O) groups excluding carboxylic acids is 2. The first kappa shape index (κ1) is 13.2. The van der Waals surface area contributed by atoms with Crippen molar-refractivity contribution >= 4 is 40.1 Å². The van der Waals surface area contributed by atoms with Crippen molar-refractivity contribution in [2.45, 2.75) is 0 Å². The van der Waals surface area contributed by atoms with E-state index in [1.54, 1.807) is 18.2 Å². The van der Waals surface area contributed by atoms with E-state index in [1.165, 1.54) is 6.07 Å². The number of hydrogen-bond donors (Lipinski definition) is 1. The second-order valence-corrected chi connectivity index (χ2v) is 4.11. The van der Waals surface area contributed by atoms with Crippen molar-refractivity contribution in [2.75, 3.05) is 7.11 Å². The molecule has 1 aromatic heterocycles. The molecule has 0 aliphatic heterocycles. The third kappa shape index (κ3) is 2.77. The van der Waals surface area contributed by atoms with E-state index in [2.05, 4.69) is 4.74 Å². The van der Waals surface area contributed by atoms with Crippen molar-refractivity contribution < 1.29 is 23.8 Å². The number of ether oxygens (including phenoxy) is 1. The molecule has 98 valence electrons. The molecule has 2 aromatic rings. The minimum atomic E-state index is -1.06. The van der Waals surface area contributed by atoms with Gasteiger partial charge in [-0.25, -0.2) is 4.79 Å². The van der Waals surface area contributed by atoms with Gasteiger partial charge in [-0.1, -0.05) is 11.6 Å². The summed E-state index contributed by atoms with van der Waals surface area (Å²) in [6.07, 6.45) is 0.741. The summed E-state index contributed by atoms with van der Waals surface area (Å²) < 4.78 is 9.55. The molecule has 1 N–H and O–H groups in total. The summed E-state index contributed by atoms with van der Waals surface area (Å²) in [7, 11) is 1.08. The van der Waals surface area contributed by atoms with E-state index >= 15 is 0 Å². The molecule has 0 radical (unpaired) electrons. The van der Waals surface area contributed by atoms with Crippen molar-refractivity contribution in [3.8, 4) is 0 Å². The smallest absolute Gasteiger partial charge is 0.378 e. The van der Waals surface area contributed by atoms with Crippen LogP contribution in [0.4, 0.5) is 0 Å². The number of halogens is 1. The second-order valence-electron chi connectivity index (χ2n) is 3.68. The Kier molecular flexibility index (Phi) is 3.57.